The van der Waals surface area contributed by atoms with Crippen LogP contribution in [0, 0.1) is 12.3 Å². The molecular weight excluding hydrogens is 296 g/mol. The van der Waals surface area contributed by atoms with Gasteiger partial charge in [0.25, 0.3) is 0 Å². The minimum Gasteiger partial charge on any atom is -0.504 e. The van der Waals surface area contributed by atoms with E-state index in [0.29, 0.717) is 10.8 Å². The molecule has 0 saturated heterocycles. The first-order valence-corrected chi connectivity index (χ1v) is 7.30. The number of fused-ring (bicyclic) bond motifs is 1. The molecule has 0 aliphatic rings. The molecule has 0 bridgehead atoms. The molecule has 0 radical (unpaired) electrons. The van der Waals surface area contributed by atoms with E-state index in [1.165, 1.54) is 14.2 Å². The molecule has 0 amide bonds. The standard InChI is InChI=1S/C18H22O5/c1-10-7-8-11-12(9-10)13(19)15(21-5)16(22-6)14(11)23-17(20)18(2,3)4/h7-9,19H,1-6H3. The molecule has 5 nitrogen and oxygen atoms in total. The SMILES string of the molecule is COc1c(OC)c(OC(=O)C(C)(C)C)c2ccc(C)cc2c1O. The van der Waals surface area contributed by atoms with E-state index in [-0.39, 0.29) is 23.0 Å². The maximum Gasteiger partial charge on any atom is 0.316 e. The zero-order valence-corrected chi connectivity index (χ0v) is 14.3. The van der Waals surface area contributed by atoms with Gasteiger partial charge in [-0.3, -0.25) is 4.79 Å². The Kier molecular flexibility index (Phi) is 4.41. The minimum atomic E-state index is -0.673. The van der Waals surface area contributed by atoms with Gasteiger partial charge in [-0.1, -0.05) is 17.7 Å². The summed E-state index contributed by atoms with van der Waals surface area (Å²) in [6, 6.07) is 5.47. The number of esters is 1. The Balaban J connectivity index is 2.79. The first kappa shape index (κ1) is 16.9. The van der Waals surface area contributed by atoms with Crippen LogP contribution < -0.4 is 14.2 Å². The number of hydrogen-bond acceptors (Lipinski definition) is 5. The minimum absolute atomic E-state index is 0.0430. The third-order valence-corrected chi connectivity index (χ3v) is 3.52. The van der Waals surface area contributed by atoms with Gasteiger partial charge < -0.3 is 19.3 Å². The average molecular weight is 318 g/mol. The molecule has 0 atom stereocenters. The number of rotatable bonds is 3. The van der Waals surface area contributed by atoms with E-state index in [2.05, 4.69) is 0 Å². The van der Waals surface area contributed by atoms with Gasteiger partial charge in [0.1, 0.15) is 0 Å². The number of carbonyl (C=O) groups excluding carboxylic acids is 1. The normalized spacial score (nSPS) is 11.4. The van der Waals surface area contributed by atoms with Crippen LogP contribution in [0.3, 0.4) is 0 Å². The molecule has 1 N–H and O–H groups in total. The Hall–Kier alpha value is -2.43. The molecule has 0 heterocycles. The van der Waals surface area contributed by atoms with Crippen molar-refractivity contribution in [2.45, 2.75) is 27.7 Å². The molecule has 2 rings (SSSR count). The highest BCUT2D eigenvalue weighted by atomic mass is 16.6. The van der Waals surface area contributed by atoms with Crippen LogP contribution in [0.2, 0.25) is 0 Å². The lowest BCUT2D eigenvalue weighted by Gasteiger charge is -2.21. The van der Waals surface area contributed by atoms with Gasteiger partial charge in [0, 0.05) is 10.8 Å². The van der Waals surface area contributed by atoms with Gasteiger partial charge in [0.15, 0.2) is 11.5 Å². The van der Waals surface area contributed by atoms with Crippen molar-refractivity contribution in [2.75, 3.05) is 14.2 Å². The number of carbonyl (C=O) groups is 1. The predicted octanol–water partition coefficient (Wildman–Crippen LogP) is 3.82. The maximum atomic E-state index is 12.3. The lowest BCUT2D eigenvalue weighted by Crippen LogP contribution is -2.25. The molecule has 5 heteroatoms. The van der Waals surface area contributed by atoms with Crippen LogP contribution in [0.15, 0.2) is 18.2 Å². The Morgan fingerprint density at radius 2 is 1.61 bits per heavy atom. The quantitative estimate of drug-likeness (QED) is 0.688. The van der Waals surface area contributed by atoms with E-state index in [0.717, 1.165) is 5.56 Å². The van der Waals surface area contributed by atoms with Gasteiger partial charge in [-0.2, -0.15) is 0 Å². The summed E-state index contributed by atoms with van der Waals surface area (Å²) in [4.78, 5) is 12.3. The highest BCUT2D eigenvalue weighted by Gasteiger charge is 2.29. The summed E-state index contributed by atoms with van der Waals surface area (Å²) in [5.41, 5.74) is 0.292. The second kappa shape index (κ2) is 5.99. The molecule has 124 valence electrons. The summed E-state index contributed by atoms with van der Waals surface area (Å²) in [6.07, 6.45) is 0. The molecule has 2 aromatic rings. The van der Waals surface area contributed by atoms with Crippen LogP contribution in [0.4, 0.5) is 0 Å². The first-order valence-electron chi connectivity index (χ1n) is 7.30. The molecule has 0 spiro atoms. The van der Waals surface area contributed by atoms with Gasteiger partial charge in [-0.05, 0) is 33.8 Å². The largest absolute Gasteiger partial charge is 0.504 e. The van der Waals surface area contributed by atoms with Crippen molar-refractivity contribution in [1.82, 2.24) is 0 Å². The number of ether oxygens (including phenoxy) is 3. The molecule has 0 aliphatic carbocycles. The number of phenolic OH excluding ortho intramolecular Hbond substituents is 1. The Bertz CT molecular complexity index is 756. The fourth-order valence-corrected chi connectivity index (χ4v) is 2.23. The van der Waals surface area contributed by atoms with Gasteiger partial charge in [0.2, 0.25) is 11.5 Å². The van der Waals surface area contributed by atoms with Crippen molar-refractivity contribution < 1.29 is 24.1 Å². The third kappa shape index (κ3) is 3.04. The molecular formula is C18H22O5. The van der Waals surface area contributed by atoms with E-state index in [4.69, 9.17) is 14.2 Å². The van der Waals surface area contributed by atoms with Crippen LogP contribution in [0.5, 0.6) is 23.0 Å². The van der Waals surface area contributed by atoms with Crippen molar-refractivity contribution in [3.05, 3.63) is 23.8 Å². The molecule has 0 saturated carbocycles. The topological polar surface area (TPSA) is 65.0 Å². The van der Waals surface area contributed by atoms with Crippen molar-refractivity contribution in [3.8, 4) is 23.0 Å². The van der Waals surface area contributed by atoms with Crippen molar-refractivity contribution in [1.29, 1.82) is 0 Å². The van der Waals surface area contributed by atoms with Gasteiger partial charge in [0.05, 0.1) is 19.6 Å². The number of aromatic hydroxyl groups is 1. The summed E-state index contributed by atoms with van der Waals surface area (Å²) in [5, 5.41) is 11.6. The van der Waals surface area contributed by atoms with Crippen LogP contribution >= 0.6 is 0 Å². The highest BCUT2D eigenvalue weighted by Crippen LogP contribution is 2.50. The summed E-state index contributed by atoms with van der Waals surface area (Å²) >= 11 is 0. The summed E-state index contributed by atoms with van der Waals surface area (Å²) < 4.78 is 16.2. The number of aryl methyl sites for hydroxylation is 1. The van der Waals surface area contributed by atoms with Crippen LogP contribution in [0.25, 0.3) is 10.8 Å². The Morgan fingerprint density at radius 1 is 1.00 bits per heavy atom. The molecule has 0 aliphatic heterocycles. The van der Waals surface area contributed by atoms with Gasteiger partial charge >= 0.3 is 5.97 Å². The van der Waals surface area contributed by atoms with Crippen molar-refractivity contribution in [2.24, 2.45) is 5.41 Å². The number of hydrogen-bond donors (Lipinski definition) is 1. The number of methoxy groups -OCH3 is 2. The van der Waals surface area contributed by atoms with Gasteiger partial charge in [-0.25, -0.2) is 0 Å². The molecule has 23 heavy (non-hydrogen) atoms. The predicted molar refractivity (Wildman–Crippen MR) is 88.5 cm³/mol. The number of benzene rings is 2. The van der Waals surface area contributed by atoms with E-state index >= 15 is 0 Å². The zero-order valence-electron chi connectivity index (χ0n) is 14.3. The maximum absolute atomic E-state index is 12.3. The Morgan fingerprint density at radius 3 is 2.13 bits per heavy atom. The summed E-state index contributed by atoms with van der Waals surface area (Å²) in [5.74, 6) is 0.141. The third-order valence-electron chi connectivity index (χ3n) is 3.52. The van der Waals surface area contributed by atoms with Crippen molar-refractivity contribution >= 4 is 16.7 Å². The van der Waals surface area contributed by atoms with E-state index < -0.39 is 11.4 Å². The monoisotopic (exact) mass is 318 g/mol. The molecule has 0 aromatic heterocycles. The zero-order chi connectivity index (χ0) is 17.4. The smallest absolute Gasteiger partial charge is 0.316 e. The number of phenols is 1. The van der Waals surface area contributed by atoms with Crippen LogP contribution in [-0.2, 0) is 4.79 Å². The van der Waals surface area contributed by atoms with E-state index in [1.54, 1.807) is 32.9 Å². The fraction of sp³-hybridized carbons (Fsp3) is 0.389. The second-order valence-electron chi connectivity index (χ2n) is 6.43. The summed E-state index contributed by atoms with van der Waals surface area (Å²) in [7, 11) is 2.86. The molecule has 0 fully saturated rings. The molecule has 0 unspecified atom stereocenters. The summed E-state index contributed by atoms with van der Waals surface area (Å²) in [6.45, 7) is 7.22. The average Bonchev–Trinajstić information content (AvgIpc) is 2.48. The van der Waals surface area contributed by atoms with Crippen LogP contribution in [0.1, 0.15) is 26.3 Å². The fourth-order valence-electron chi connectivity index (χ4n) is 2.23. The highest BCUT2D eigenvalue weighted by molar-refractivity contribution is 6.00. The van der Waals surface area contributed by atoms with Gasteiger partial charge in [-0.15, -0.1) is 0 Å². The molecule has 2 aromatic carbocycles. The lowest BCUT2D eigenvalue weighted by atomic mass is 9.97. The first-order chi connectivity index (χ1) is 10.7. The van der Waals surface area contributed by atoms with Crippen LogP contribution in [-0.4, -0.2) is 25.3 Å². The Labute approximate surface area is 135 Å². The lowest BCUT2D eigenvalue weighted by molar-refractivity contribution is -0.143. The van der Waals surface area contributed by atoms with E-state index in [1.807, 2.05) is 13.0 Å². The second-order valence-corrected chi connectivity index (χ2v) is 6.43. The van der Waals surface area contributed by atoms with E-state index in [9.17, 15) is 9.90 Å². The van der Waals surface area contributed by atoms with Crippen molar-refractivity contribution in [3.63, 3.8) is 0 Å².